The molecule has 2 rings (SSSR count). The predicted molar refractivity (Wildman–Crippen MR) is 243 cm³/mol. The Balaban J connectivity index is 2.21. The lowest BCUT2D eigenvalue weighted by Crippen LogP contribution is -2.58. The maximum Gasteiger partial charge on any atom is 0.472 e. The number of rotatable bonds is 21. The number of aliphatic hydroxyl groups excluding tert-OH is 8. The molecule has 2 unspecified atom stereocenters. The smallest absolute Gasteiger partial charge is 0.462 e. The summed E-state index contributed by atoms with van der Waals surface area (Å²) in [5.41, 5.74) is 0. The third-order valence-electron chi connectivity index (χ3n) is 11.1. The molecule has 1 saturated heterocycles. The highest BCUT2D eigenvalue weighted by Gasteiger charge is 2.48. The molecule has 0 saturated carbocycles. The lowest BCUT2D eigenvalue weighted by Gasteiger charge is -2.39. The summed E-state index contributed by atoms with van der Waals surface area (Å²) >= 11 is 0. The maximum absolute atomic E-state index is 13.5. The number of allylic oxidation sites excluding steroid dienone is 8. The van der Waals surface area contributed by atoms with Crippen molar-refractivity contribution < 1.29 is 83.2 Å². The van der Waals surface area contributed by atoms with E-state index in [4.69, 9.17) is 23.3 Å². The first-order chi connectivity index (χ1) is 31.1. The van der Waals surface area contributed by atoms with Gasteiger partial charge in [0.1, 0.15) is 43.2 Å². The highest BCUT2D eigenvalue weighted by molar-refractivity contribution is 7.47. The van der Waals surface area contributed by atoms with E-state index in [1.807, 2.05) is 13.0 Å². The summed E-state index contributed by atoms with van der Waals surface area (Å²) in [5, 5.41) is 89.2. The lowest BCUT2D eigenvalue weighted by atomic mass is 9.83. The molecule has 13 atom stereocenters. The van der Waals surface area contributed by atoms with E-state index in [9.17, 15) is 59.9 Å². The predicted octanol–water partition coefficient (Wildman–Crippen LogP) is 5.05. The summed E-state index contributed by atoms with van der Waals surface area (Å²) in [6.07, 6.45) is 7.86. The molecule has 17 nitrogen and oxygen atoms in total. The molecule has 2 aliphatic rings. The minimum Gasteiger partial charge on any atom is -0.462 e. The Hall–Kier alpha value is -2.61. The maximum atomic E-state index is 13.5. The Kier molecular flexibility index (Phi) is 30.4. The molecular formula is C47H79O17P. The van der Waals surface area contributed by atoms with E-state index >= 15 is 0 Å². The Bertz CT molecular complexity index is 1500. The first kappa shape index (κ1) is 58.5. The minimum atomic E-state index is -5.48. The molecule has 2 heterocycles. The Morgan fingerprint density at radius 3 is 2.14 bits per heavy atom. The number of cyclic esters (lactones) is 1. The van der Waals surface area contributed by atoms with Gasteiger partial charge < -0.3 is 60.0 Å². The fourth-order valence-corrected chi connectivity index (χ4v) is 8.19. The SMILES string of the molecule is CCCCC/C=C\C/C=C\C/C=C\CCCCC(=O)OC[C@@H]1COP(=O)(O)O[C@H]2[C@H](O)[C@@H](O)[C@H](O)[C@@H](C/C=C\CCCC(=O)O1)[C@@H](O)CC(O)O[C@H](C=C[C@@H](O)CCCCC)[C@@H](O)[C@H]2O. The van der Waals surface area contributed by atoms with Gasteiger partial charge in [0, 0.05) is 25.2 Å². The zero-order chi connectivity index (χ0) is 48.0. The average molecular weight is 947 g/mol. The van der Waals surface area contributed by atoms with Gasteiger partial charge in [-0.05, 0) is 70.6 Å². The summed E-state index contributed by atoms with van der Waals surface area (Å²) in [6.45, 7) is 2.71. The fraction of sp³-hybridized carbons (Fsp3) is 0.745. The number of phosphoric acid groups is 1. The Morgan fingerprint density at radius 1 is 0.831 bits per heavy atom. The molecule has 0 aromatic rings. The van der Waals surface area contributed by atoms with Crippen LogP contribution < -0.4 is 0 Å². The second-order valence-corrected chi connectivity index (χ2v) is 18.2. The molecule has 0 aromatic carbocycles. The number of carbonyl (C=O) groups is 2. The first-order valence-corrected chi connectivity index (χ1v) is 25.0. The molecule has 374 valence electrons. The third-order valence-corrected chi connectivity index (χ3v) is 12.1. The van der Waals surface area contributed by atoms with Crippen molar-refractivity contribution in [3.05, 3.63) is 60.8 Å². The molecule has 0 spiro atoms. The van der Waals surface area contributed by atoms with Crippen molar-refractivity contribution in [1.29, 1.82) is 0 Å². The van der Waals surface area contributed by atoms with E-state index in [1.54, 1.807) is 12.2 Å². The van der Waals surface area contributed by atoms with Crippen LogP contribution >= 0.6 is 7.82 Å². The van der Waals surface area contributed by atoms with E-state index < -0.39 is 113 Å². The van der Waals surface area contributed by atoms with Crippen molar-refractivity contribution in [2.75, 3.05) is 13.2 Å². The molecule has 65 heavy (non-hydrogen) atoms. The van der Waals surface area contributed by atoms with Gasteiger partial charge in [-0.25, -0.2) is 4.57 Å². The van der Waals surface area contributed by atoms with Gasteiger partial charge in [-0.1, -0.05) is 107 Å². The number of phosphoric ester groups is 1. The molecule has 9 N–H and O–H groups in total. The van der Waals surface area contributed by atoms with Crippen molar-refractivity contribution in [3.8, 4) is 0 Å². The number of carbonyl (C=O) groups excluding carboxylic acids is 2. The first-order valence-electron chi connectivity index (χ1n) is 23.5. The zero-order valence-electron chi connectivity index (χ0n) is 38.3. The number of hydrogen-bond acceptors (Lipinski definition) is 16. The molecule has 0 amide bonds. The van der Waals surface area contributed by atoms with Crippen molar-refractivity contribution in [3.63, 3.8) is 0 Å². The molecule has 0 aliphatic carbocycles. The van der Waals surface area contributed by atoms with Crippen LogP contribution in [0.5, 0.6) is 0 Å². The number of fused-ring (bicyclic) bond motifs is 4. The van der Waals surface area contributed by atoms with Gasteiger partial charge in [0.15, 0.2) is 12.4 Å². The van der Waals surface area contributed by atoms with E-state index in [-0.39, 0.29) is 25.7 Å². The summed E-state index contributed by atoms with van der Waals surface area (Å²) in [6, 6.07) is 0. The van der Waals surface area contributed by atoms with Crippen LogP contribution in [0, 0.1) is 5.92 Å². The molecule has 18 heteroatoms. The van der Waals surface area contributed by atoms with Gasteiger partial charge in [-0.15, -0.1) is 0 Å². The topological polar surface area (TPSA) is 279 Å². The van der Waals surface area contributed by atoms with E-state index in [1.165, 1.54) is 25.3 Å². The summed E-state index contributed by atoms with van der Waals surface area (Å²) in [5.74, 6) is -2.66. The molecule has 1 fully saturated rings. The van der Waals surface area contributed by atoms with Crippen molar-refractivity contribution in [2.24, 2.45) is 5.92 Å². The summed E-state index contributed by atoms with van der Waals surface area (Å²) in [7, 11) is -5.48. The van der Waals surface area contributed by atoms with Crippen LogP contribution in [-0.4, -0.2) is 138 Å². The number of ether oxygens (including phenoxy) is 3. The molecule has 2 aliphatic heterocycles. The zero-order valence-corrected chi connectivity index (χ0v) is 39.2. The van der Waals surface area contributed by atoms with Gasteiger partial charge in [0.05, 0.1) is 24.9 Å². The Morgan fingerprint density at radius 2 is 1.46 bits per heavy atom. The molecular weight excluding hydrogens is 867 g/mol. The normalized spacial score (nSPS) is 32.9. The number of esters is 2. The van der Waals surface area contributed by atoms with E-state index in [0.29, 0.717) is 32.1 Å². The second kappa shape index (κ2) is 33.8. The lowest BCUT2D eigenvalue weighted by molar-refractivity contribution is -0.213. The minimum absolute atomic E-state index is 0.0500. The van der Waals surface area contributed by atoms with Crippen LogP contribution in [0.4, 0.5) is 0 Å². The standard InChI is InChI=1S/C47H79O17P/c1-3-5-7-8-9-10-11-12-13-14-15-16-17-18-23-27-39(50)60-32-35-33-61-65(58,59)64-47-45(56)43(54)38(30-29-34(48)25-21-6-4-2)63-41(52)31-37(49)36(42(53)44(55)46(47)57)26-22-19-20-24-28-40(51)62-35/h9-10,12-13,15-16,19,22,29-30,34-38,41-49,52-57H,3-8,11,14,17-18,20-21,23-28,31-33H2,1-2H3,(H,58,59)/b10-9-,13-12-,16-15-,22-19-,30-29?/t34-,35+,36-,37-,38+,41?,42+,43+,44-,45+,46+,47+/m0/s1. The van der Waals surface area contributed by atoms with Crippen LogP contribution in [0.15, 0.2) is 60.8 Å². The van der Waals surface area contributed by atoms with Crippen LogP contribution in [0.2, 0.25) is 0 Å². The van der Waals surface area contributed by atoms with Crippen molar-refractivity contribution >= 4 is 19.8 Å². The van der Waals surface area contributed by atoms with Gasteiger partial charge in [0.2, 0.25) is 0 Å². The quantitative estimate of drug-likeness (QED) is 0.0315. The van der Waals surface area contributed by atoms with Crippen LogP contribution in [0.25, 0.3) is 0 Å². The van der Waals surface area contributed by atoms with Crippen LogP contribution in [0.1, 0.15) is 136 Å². The van der Waals surface area contributed by atoms with E-state index in [2.05, 4.69) is 37.3 Å². The van der Waals surface area contributed by atoms with Crippen LogP contribution in [0.3, 0.4) is 0 Å². The highest BCUT2D eigenvalue weighted by Crippen LogP contribution is 2.47. The average Bonchev–Trinajstić information content (AvgIpc) is 3.27. The summed E-state index contributed by atoms with van der Waals surface area (Å²) < 4.78 is 40.2. The second-order valence-electron chi connectivity index (χ2n) is 16.8. The largest absolute Gasteiger partial charge is 0.472 e. The number of aliphatic hydroxyl groups is 8. The van der Waals surface area contributed by atoms with Gasteiger partial charge in [0.25, 0.3) is 0 Å². The molecule has 0 aromatic heterocycles. The van der Waals surface area contributed by atoms with E-state index in [0.717, 1.165) is 44.6 Å². The highest BCUT2D eigenvalue weighted by atomic mass is 31.2. The monoisotopic (exact) mass is 947 g/mol. The fourth-order valence-electron chi connectivity index (χ4n) is 7.22. The van der Waals surface area contributed by atoms with Crippen LogP contribution in [-0.2, 0) is 37.4 Å². The molecule has 0 radical (unpaired) electrons. The van der Waals surface area contributed by atoms with Crippen molar-refractivity contribution in [2.45, 2.75) is 203 Å². The van der Waals surface area contributed by atoms with Gasteiger partial charge >= 0.3 is 19.8 Å². The van der Waals surface area contributed by atoms with Gasteiger partial charge in [-0.2, -0.15) is 0 Å². The van der Waals surface area contributed by atoms with Gasteiger partial charge in [-0.3, -0.25) is 18.6 Å². The Labute approximate surface area is 385 Å². The number of unbranched alkanes of at least 4 members (excludes halogenated alkanes) is 7. The number of hydrogen-bond donors (Lipinski definition) is 9. The summed E-state index contributed by atoms with van der Waals surface area (Å²) in [4.78, 5) is 36.4. The van der Waals surface area contributed by atoms with Crippen molar-refractivity contribution in [1.82, 2.24) is 0 Å². The molecule has 2 bridgehead atoms. The third kappa shape index (κ3) is 24.8.